The van der Waals surface area contributed by atoms with Crippen molar-refractivity contribution in [3.63, 3.8) is 0 Å². The molecule has 0 amide bonds. The van der Waals surface area contributed by atoms with Gasteiger partial charge >= 0.3 is 0 Å². The monoisotopic (exact) mass is 277 g/mol. The van der Waals surface area contributed by atoms with Gasteiger partial charge in [-0.25, -0.2) is 12.8 Å². The van der Waals surface area contributed by atoms with Gasteiger partial charge in [0.25, 0.3) is 0 Å². The Hall–Kier alpha value is -1.72. The van der Waals surface area contributed by atoms with E-state index in [4.69, 9.17) is 0 Å². The molecular weight excluding hydrogens is 265 g/mol. The highest BCUT2D eigenvalue weighted by atomic mass is 32.2. The van der Waals surface area contributed by atoms with Crippen molar-refractivity contribution in [2.75, 3.05) is 7.05 Å². The van der Waals surface area contributed by atoms with E-state index in [0.717, 1.165) is 0 Å². The standard InChI is InChI=1S/C14H12FNO2S/c1-16-14(10-5-4-6-11(15)9-10)12-7-2-3-8-13(12)19(16,17)18/h2-9,14H,1H3/t14-/m0/s1. The van der Waals surface area contributed by atoms with Crippen LogP contribution < -0.4 is 0 Å². The van der Waals surface area contributed by atoms with E-state index in [0.29, 0.717) is 16.0 Å². The SMILES string of the molecule is CN1[C@@H](c2cccc(F)c2)c2ccccc2S1(=O)=O. The van der Waals surface area contributed by atoms with Crippen LogP contribution in [0.5, 0.6) is 0 Å². The van der Waals surface area contributed by atoms with Gasteiger partial charge < -0.3 is 0 Å². The van der Waals surface area contributed by atoms with Crippen LogP contribution in [0.25, 0.3) is 0 Å². The van der Waals surface area contributed by atoms with Crippen LogP contribution in [0.4, 0.5) is 4.39 Å². The molecule has 3 nitrogen and oxygen atoms in total. The van der Waals surface area contributed by atoms with Crippen LogP contribution in [0.1, 0.15) is 17.2 Å². The maximum absolute atomic E-state index is 13.3. The minimum atomic E-state index is -3.48. The van der Waals surface area contributed by atoms with Crippen LogP contribution in [-0.2, 0) is 10.0 Å². The first kappa shape index (κ1) is 12.3. The molecule has 0 saturated heterocycles. The molecule has 2 aromatic rings. The fourth-order valence-electron chi connectivity index (χ4n) is 2.50. The summed E-state index contributed by atoms with van der Waals surface area (Å²) in [5.41, 5.74) is 1.33. The number of halogens is 1. The quantitative estimate of drug-likeness (QED) is 0.803. The normalized spacial score (nSPS) is 21.3. The van der Waals surface area contributed by atoms with Gasteiger partial charge in [0.1, 0.15) is 5.82 Å². The zero-order chi connectivity index (χ0) is 13.6. The van der Waals surface area contributed by atoms with E-state index in [2.05, 4.69) is 0 Å². The number of sulfonamides is 1. The second-order valence-corrected chi connectivity index (χ2v) is 6.48. The third-order valence-corrected chi connectivity index (χ3v) is 5.30. The Bertz CT molecular complexity index is 743. The fourth-order valence-corrected chi connectivity index (χ4v) is 4.05. The minimum absolute atomic E-state index is 0.298. The second-order valence-electron chi connectivity index (χ2n) is 4.52. The third kappa shape index (κ3) is 1.77. The Morgan fingerprint density at radius 2 is 1.84 bits per heavy atom. The van der Waals surface area contributed by atoms with E-state index in [1.807, 2.05) is 0 Å². The molecule has 0 aliphatic carbocycles. The topological polar surface area (TPSA) is 37.4 Å². The van der Waals surface area contributed by atoms with Gasteiger partial charge in [0, 0.05) is 7.05 Å². The third-order valence-electron chi connectivity index (χ3n) is 3.40. The lowest BCUT2D eigenvalue weighted by molar-refractivity contribution is 0.438. The Labute approximate surface area is 111 Å². The predicted octanol–water partition coefficient (Wildman–Crippen LogP) is 2.55. The highest BCUT2D eigenvalue weighted by molar-refractivity contribution is 7.89. The van der Waals surface area contributed by atoms with Crippen LogP contribution in [0, 0.1) is 5.82 Å². The van der Waals surface area contributed by atoms with Gasteiger partial charge in [-0.15, -0.1) is 0 Å². The predicted molar refractivity (Wildman–Crippen MR) is 69.6 cm³/mol. The molecule has 1 aliphatic rings. The summed E-state index contributed by atoms with van der Waals surface area (Å²) >= 11 is 0. The molecule has 5 heteroatoms. The van der Waals surface area contributed by atoms with E-state index in [1.165, 1.54) is 23.5 Å². The van der Waals surface area contributed by atoms with Gasteiger partial charge in [0.05, 0.1) is 10.9 Å². The molecular formula is C14H12FNO2S. The van der Waals surface area contributed by atoms with Gasteiger partial charge in [0.2, 0.25) is 10.0 Å². The summed E-state index contributed by atoms with van der Waals surface area (Å²) in [6.45, 7) is 0. The highest BCUT2D eigenvalue weighted by Gasteiger charge is 2.40. The number of hydrogen-bond donors (Lipinski definition) is 0. The second kappa shape index (κ2) is 4.15. The number of fused-ring (bicyclic) bond motifs is 1. The van der Waals surface area contributed by atoms with Gasteiger partial charge in [-0.3, -0.25) is 0 Å². The molecule has 0 aromatic heterocycles. The van der Waals surface area contributed by atoms with Crippen molar-refractivity contribution in [3.8, 4) is 0 Å². The van der Waals surface area contributed by atoms with Crippen LogP contribution in [0.2, 0.25) is 0 Å². The van der Waals surface area contributed by atoms with Gasteiger partial charge in [-0.05, 0) is 29.3 Å². The first-order chi connectivity index (χ1) is 9.01. The minimum Gasteiger partial charge on any atom is -0.207 e. The van der Waals surface area contributed by atoms with Crippen molar-refractivity contribution in [3.05, 3.63) is 65.5 Å². The van der Waals surface area contributed by atoms with E-state index < -0.39 is 16.1 Å². The number of benzene rings is 2. The van der Waals surface area contributed by atoms with Crippen molar-refractivity contribution >= 4 is 10.0 Å². The van der Waals surface area contributed by atoms with Gasteiger partial charge in [0.15, 0.2) is 0 Å². The molecule has 98 valence electrons. The molecule has 0 N–H and O–H groups in total. The molecule has 1 heterocycles. The Balaban J connectivity index is 2.24. The molecule has 0 unspecified atom stereocenters. The van der Waals surface area contributed by atoms with Crippen molar-refractivity contribution in [2.45, 2.75) is 10.9 Å². The summed E-state index contributed by atoms with van der Waals surface area (Å²) in [5, 5.41) is 0. The van der Waals surface area contributed by atoms with Gasteiger partial charge in [-0.2, -0.15) is 4.31 Å². The smallest absolute Gasteiger partial charge is 0.207 e. The average molecular weight is 277 g/mol. The van der Waals surface area contributed by atoms with Crippen molar-refractivity contribution < 1.29 is 12.8 Å². The summed E-state index contributed by atoms with van der Waals surface area (Å²) < 4.78 is 39.2. The van der Waals surface area contributed by atoms with Crippen molar-refractivity contribution in [2.24, 2.45) is 0 Å². The van der Waals surface area contributed by atoms with Crippen molar-refractivity contribution in [1.82, 2.24) is 4.31 Å². The molecule has 19 heavy (non-hydrogen) atoms. The molecule has 1 aliphatic heterocycles. The fraction of sp³-hybridized carbons (Fsp3) is 0.143. The molecule has 0 radical (unpaired) electrons. The summed E-state index contributed by atoms with van der Waals surface area (Å²) in [4.78, 5) is 0.298. The largest absolute Gasteiger partial charge is 0.244 e. The van der Waals surface area contributed by atoms with Crippen LogP contribution in [-0.4, -0.2) is 19.8 Å². The number of hydrogen-bond acceptors (Lipinski definition) is 2. The van der Waals surface area contributed by atoms with Gasteiger partial charge in [-0.1, -0.05) is 30.3 Å². The zero-order valence-corrected chi connectivity index (χ0v) is 11.1. The molecule has 1 atom stereocenters. The van der Waals surface area contributed by atoms with Crippen LogP contribution in [0.3, 0.4) is 0 Å². The summed E-state index contributed by atoms with van der Waals surface area (Å²) in [7, 11) is -1.96. The lowest BCUT2D eigenvalue weighted by Crippen LogP contribution is -2.24. The molecule has 0 saturated carbocycles. The summed E-state index contributed by atoms with van der Waals surface area (Å²) in [6, 6.07) is 12.4. The number of rotatable bonds is 1. The van der Waals surface area contributed by atoms with Crippen molar-refractivity contribution in [1.29, 1.82) is 0 Å². The molecule has 0 bridgehead atoms. The molecule has 0 spiro atoms. The Kier molecular flexibility index (Phi) is 2.69. The van der Waals surface area contributed by atoms with E-state index in [-0.39, 0.29) is 5.82 Å². The highest BCUT2D eigenvalue weighted by Crippen LogP contribution is 2.41. The average Bonchev–Trinajstić information content (AvgIpc) is 2.58. The lowest BCUT2D eigenvalue weighted by atomic mass is 9.99. The molecule has 2 aromatic carbocycles. The molecule has 0 fully saturated rings. The van der Waals surface area contributed by atoms with E-state index in [9.17, 15) is 12.8 Å². The van der Waals surface area contributed by atoms with E-state index >= 15 is 0 Å². The lowest BCUT2D eigenvalue weighted by Gasteiger charge is -2.19. The summed E-state index contributed by atoms with van der Waals surface area (Å²) in [5.74, 6) is -0.368. The Morgan fingerprint density at radius 3 is 2.58 bits per heavy atom. The summed E-state index contributed by atoms with van der Waals surface area (Å²) in [6.07, 6.45) is 0. The first-order valence-corrected chi connectivity index (χ1v) is 7.28. The maximum atomic E-state index is 13.3. The van der Waals surface area contributed by atoms with Crippen LogP contribution in [0.15, 0.2) is 53.4 Å². The molecule has 3 rings (SSSR count). The zero-order valence-electron chi connectivity index (χ0n) is 10.2. The maximum Gasteiger partial charge on any atom is 0.244 e. The first-order valence-electron chi connectivity index (χ1n) is 5.84. The van der Waals surface area contributed by atoms with Crippen LogP contribution >= 0.6 is 0 Å². The number of nitrogens with zero attached hydrogens (tertiary/aromatic N) is 1. The Morgan fingerprint density at radius 1 is 1.11 bits per heavy atom. The van der Waals surface area contributed by atoms with E-state index in [1.54, 1.807) is 36.4 Å².